The number of carbonyl (C=O) groups excluding carboxylic acids is 3. The van der Waals surface area contributed by atoms with Crippen molar-refractivity contribution in [3.05, 3.63) is 31.5 Å². The first-order valence-electron chi connectivity index (χ1n) is 7.74. The number of esters is 3. The Kier molecular flexibility index (Phi) is 6.54. The molecule has 12 heteroatoms. The van der Waals surface area contributed by atoms with Gasteiger partial charge in [0.15, 0.2) is 18.4 Å². The highest BCUT2D eigenvalue weighted by molar-refractivity contribution is 9.10. The number of aromatic amines is 1. The standard InChI is InChI=1S/C15H17BrN2O9/c1-6(19)24-5-10-11(25-7(2)20)12(26-8(3)21)14(27-10)18-4-9(16)13(22)17-15(18)23/h4,10-12,14H,5H2,1-3H3,(H,17,22,23)/t10-,11-,12+,14+/m1/s1. The van der Waals surface area contributed by atoms with Crippen LogP contribution in [0, 0.1) is 0 Å². The Bertz CT molecular complexity index is 862. The van der Waals surface area contributed by atoms with Crippen LogP contribution in [0.3, 0.4) is 0 Å². The molecule has 1 saturated heterocycles. The van der Waals surface area contributed by atoms with E-state index in [2.05, 4.69) is 20.9 Å². The minimum Gasteiger partial charge on any atom is -0.463 e. The van der Waals surface area contributed by atoms with Gasteiger partial charge in [-0.25, -0.2) is 4.79 Å². The van der Waals surface area contributed by atoms with E-state index in [1.807, 2.05) is 0 Å². The number of hydrogen-bond acceptors (Lipinski definition) is 9. The zero-order valence-electron chi connectivity index (χ0n) is 14.6. The number of ether oxygens (including phenoxy) is 4. The number of nitrogens with zero attached hydrogens (tertiary/aromatic N) is 1. The van der Waals surface area contributed by atoms with E-state index in [4.69, 9.17) is 18.9 Å². The van der Waals surface area contributed by atoms with Crippen molar-refractivity contribution in [2.75, 3.05) is 6.61 Å². The van der Waals surface area contributed by atoms with Crippen molar-refractivity contribution in [1.29, 1.82) is 0 Å². The molecular formula is C15H17BrN2O9. The van der Waals surface area contributed by atoms with Crippen LogP contribution in [-0.2, 0) is 33.3 Å². The lowest BCUT2D eigenvalue weighted by Crippen LogP contribution is -2.42. The summed E-state index contributed by atoms with van der Waals surface area (Å²) in [6, 6.07) is 0. The first kappa shape index (κ1) is 20.8. The van der Waals surface area contributed by atoms with Gasteiger partial charge in [-0.1, -0.05) is 0 Å². The minimum atomic E-state index is -1.24. The lowest BCUT2D eigenvalue weighted by molar-refractivity contribution is -0.166. The second-order valence-corrected chi connectivity index (χ2v) is 6.51. The molecule has 27 heavy (non-hydrogen) atoms. The highest BCUT2D eigenvalue weighted by Crippen LogP contribution is 2.33. The molecule has 0 amide bonds. The molecule has 1 aromatic heterocycles. The van der Waals surface area contributed by atoms with Gasteiger partial charge in [0.05, 0.1) is 4.47 Å². The maximum absolute atomic E-state index is 12.2. The molecule has 0 bridgehead atoms. The molecule has 0 aliphatic carbocycles. The van der Waals surface area contributed by atoms with Crippen LogP contribution in [-0.4, -0.2) is 52.4 Å². The Morgan fingerprint density at radius 3 is 2.26 bits per heavy atom. The molecule has 0 aromatic carbocycles. The summed E-state index contributed by atoms with van der Waals surface area (Å²) in [7, 11) is 0. The van der Waals surface area contributed by atoms with E-state index in [-0.39, 0.29) is 11.1 Å². The molecule has 4 atom stereocenters. The maximum Gasteiger partial charge on any atom is 0.330 e. The van der Waals surface area contributed by atoms with E-state index >= 15 is 0 Å². The summed E-state index contributed by atoms with van der Waals surface area (Å²) >= 11 is 3.00. The third-order valence-corrected chi connectivity index (χ3v) is 4.10. The smallest absolute Gasteiger partial charge is 0.330 e. The third kappa shape index (κ3) is 5.04. The van der Waals surface area contributed by atoms with Gasteiger partial charge in [-0.05, 0) is 15.9 Å². The lowest BCUT2D eigenvalue weighted by atomic mass is 10.1. The van der Waals surface area contributed by atoms with E-state index in [1.54, 1.807) is 0 Å². The molecular weight excluding hydrogens is 432 g/mol. The average molecular weight is 449 g/mol. The molecule has 1 aliphatic heterocycles. The van der Waals surface area contributed by atoms with E-state index in [9.17, 15) is 24.0 Å². The molecule has 1 fully saturated rings. The average Bonchev–Trinajstić information content (AvgIpc) is 2.85. The van der Waals surface area contributed by atoms with Crippen molar-refractivity contribution in [3.8, 4) is 0 Å². The molecule has 2 heterocycles. The Labute approximate surface area is 160 Å². The summed E-state index contributed by atoms with van der Waals surface area (Å²) in [6.45, 7) is 3.15. The summed E-state index contributed by atoms with van der Waals surface area (Å²) in [5.41, 5.74) is -1.49. The Morgan fingerprint density at radius 2 is 1.70 bits per heavy atom. The number of nitrogens with one attached hydrogen (secondary N) is 1. The van der Waals surface area contributed by atoms with Crippen LogP contribution < -0.4 is 11.2 Å². The van der Waals surface area contributed by atoms with Gasteiger partial charge in [0.2, 0.25) is 0 Å². The molecule has 1 aromatic rings. The summed E-state index contributed by atoms with van der Waals surface area (Å²) < 4.78 is 22.0. The van der Waals surface area contributed by atoms with Crippen molar-refractivity contribution in [2.24, 2.45) is 0 Å². The predicted octanol–water partition coefficient (Wildman–Crippen LogP) is -0.377. The number of hydrogen-bond donors (Lipinski definition) is 1. The molecule has 0 saturated carbocycles. The number of carbonyl (C=O) groups is 3. The van der Waals surface area contributed by atoms with Gasteiger partial charge in [-0.15, -0.1) is 0 Å². The van der Waals surface area contributed by atoms with Gasteiger partial charge < -0.3 is 18.9 Å². The van der Waals surface area contributed by atoms with E-state index in [1.165, 1.54) is 6.92 Å². The largest absolute Gasteiger partial charge is 0.463 e. The topological polar surface area (TPSA) is 143 Å². The Hall–Kier alpha value is -2.47. The SMILES string of the molecule is CC(=O)OC[C@H]1O[C@H](n2cc(Br)c(=O)[nH]c2=O)[C@@H](OC(C)=O)[C@@H]1OC(C)=O. The minimum absolute atomic E-state index is 0.0275. The van der Waals surface area contributed by atoms with Gasteiger partial charge in [0.25, 0.3) is 5.56 Å². The molecule has 1 N–H and O–H groups in total. The molecule has 1 aliphatic rings. The summed E-state index contributed by atoms with van der Waals surface area (Å²) in [4.78, 5) is 59.9. The first-order valence-corrected chi connectivity index (χ1v) is 8.53. The molecule has 148 valence electrons. The van der Waals surface area contributed by atoms with Crippen molar-refractivity contribution in [1.82, 2.24) is 9.55 Å². The normalized spacial score (nSPS) is 24.3. The van der Waals surface area contributed by atoms with Crippen LogP contribution in [0.5, 0.6) is 0 Å². The second-order valence-electron chi connectivity index (χ2n) is 5.66. The zero-order valence-corrected chi connectivity index (χ0v) is 16.2. The van der Waals surface area contributed by atoms with Crippen LogP contribution in [0.15, 0.2) is 20.3 Å². The van der Waals surface area contributed by atoms with E-state index in [0.717, 1.165) is 24.6 Å². The highest BCUT2D eigenvalue weighted by Gasteiger charge is 2.51. The van der Waals surface area contributed by atoms with Crippen molar-refractivity contribution >= 4 is 33.8 Å². The quantitative estimate of drug-likeness (QED) is 0.470. The van der Waals surface area contributed by atoms with E-state index in [0.29, 0.717) is 0 Å². The van der Waals surface area contributed by atoms with Crippen LogP contribution in [0.2, 0.25) is 0 Å². The maximum atomic E-state index is 12.2. The van der Waals surface area contributed by atoms with Crippen LogP contribution >= 0.6 is 15.9 Å². The van der Waals surface area contributed by atoms with Crippen molar-refractivity contribution in [2.45, 2.75) is 45.3 Å². The molecule has 0 unspecified atom stereocenters. The van der Waals surface area contributed by atoms with Gasteiger partial charge in [-0.3, -0.25) is 28.7 Å². The lowest BCUT2D eigenvalue weighted by Gasteiger charge is -2.23. The second kappa shape index (κ2) is 8.48. The fourth-order valence-electron chi connectivity index (χ4n) is 2.57. The highest BCUT2D eigenvalue weighted by atomic mass is 79.9. The first-order chi connectivity index (χ1) is 12.6. The Balaban J connectivity index is 2.47. The fraction of sp³-hybridized carbons (Fsp3) is 0.533. The summed E-state index contributed by atoms with van der Waals surface area (Å²) in [5, 5.41) is 0. The van der Waals surface area contributed by atoms with Crippen LogP contribution in [0.25, 0.3) is 0 Å². The van der Waals surface area contributed by atoms with Gasteiger partial charge in [-0.2, -0.15) is 0 Å². The third-order valence-electron chi connectivity index (χ3n) is 3.54. The monoisotopic (exact) mass is 448 g/mol. The number of rotatable bonds is 5. The number of aromatic nitrogens is 2. The summed E-state index contributed by atoms with van der Waals surface area (Å²) in [6.07, 6.45) is -3.46. The molecule has 0 radical (unpaired) electrons. The number of H-pyrrole nitrogens is 1. The zero-order chi connectivity index (χ0) is 20.3. The number of halogens is 1. The van der Waals surface area contributed by atoms with Crippen LogP contribution in [0.1, 0.15) is 27.0 Å². The van der Waals surface area contributed by atoms with Gasteiger partial charge in [0.1, 0.15) is 12.7 Å². The van der Waals surface area contributed by atoms with Gasteiger partial charge in [0, 0.05) is 27.0 Å². The van der Waals surface area contributed by atoms with Crippen molar-refractivity contribution < 1.29 is 33.3 Å². The molecule has 2 rings (SSSR count). The predicted molar refractivity (Wildman–Crippen MR) is 90.7 cm³/mol. The Morgan fingerprint density at radius 1 is 1.11 bits per heavy atom. The van der Waals surface area contributed by atoms with E-state index < -0.39 is 53.7 Å². The van der Waals surface area contributed by atoms with Crippen LogP contribution in [0.4, 0.5) is 0 Å². The van der Waals surface area contributed by atoms with Gasteiger partial charge >= 0.3 is 23.6 Å². The van der Waals surface area contributed by atoms with Crippen molar-refractivity contribution in [3.63, 3.8) is 0 Å². The summed E-state index contributed by atoms with van der Waals surface area (Å²) in [5.74, 6) is -2.00. The fourth-order valence-corrected chi connectivity index (χ4v) is 2.89. The molecule has 0 spiro atoms. The molecule has 11 nitrogen and oxygen atoms in total.